The fourth-order valence-corrected chi connectivity index (χ4v) is 3.17. The Morgan fingerprint density at radius 1 is 1.24 bits per heavy atom. The zero-order valence-electron chi connectivity index (χ0n) is 13.4. The second kappa shape index (κ2) is 5.93. The molecule has 1 aromatic heterocycles. The number of fused-ring (bicyclic) bond motifs is 1. The van der Waals surface area contributed by atoms with Crippen LogP contribution in [0.4, 0.5) is 5.69 Å². The van der Waals surface area contributed by atoms with Gasteiger partial charge in [0.05, 0.1) is 30.3 Å². The van der Waals surface area contributed by atoms with Gasteiger partial charge >= 0.3 is 0 Å². The van der Waals surface area contributed by atoms with Crippen LogP contribution in [0.3, 0.4) is 0 Å². The topological polar surface area (TPSA) is 85.2 Å². The van der Waals surface area contributed by atoms with Crippen LogP contribution in [0.5, 0.6) is 5.75 Å². The van der Waals surface area contributed by atoms with E-state index in [1.807, 2.05) is 42.5 Å². The highest BCUT2D eigenvalue weighted by Gasteiger charge is 2.31. The van der Waals surface area contributed by atoms with Gasteiger partial charge in [0.1, 0.15) is 23.2 Å². The summed E-state index contributed by atoms with van der Waals surface area (Å²) in [6.07, 6.45) is 0. The quantitative estimate of drug-likeness (QED) is 0.619. The average molecular weight is 399 g/mol. The van der Waals surface area contributed by atoms with Crippen LogP contribution in [0.25, 0.3) is 16.6 Å². The van der Waals surface area contributed by atoms with E-state index < -0.39 is 0 Å². The number of aliphatic hydroxyl groups is 1. The van der Waals surface area contributed by atoms with Crippen molar-refractivity contribution in [2.75, 3.05) is 18.6 Å². The third-order valence-electron chi connectivity index (χ3n) is 4.17. The Kier molecular flexibility index (Phi) is 3.73. The predicted octanol–water partition coefficient (Wildman–Crippen LogP) is 4.10. The number of H-pyrrole nitrogens is 1. The van der Waals surface area contributed by atoms with E-state index in [1.165, 1.54) is 0 Å². The Labute approximate surface area is 152 Å². The van der Waals surface area contributed by atoms with Gasteiger partial charge in [-0.05, 0) is 36.4 Å². The highest BCUT2D eigenvalue weighted by Crippen LogP contribution is 2.31. The molecule has 0 saturated heterocycles. The van der Waals surface area contributed by atoms with Crippen molar-refractivity contribution in [2.45, 2.75) is 0 Å². The average Bonchev–Trinajstić information content (AvgIpc) is 3.15. The van der Waals surface area contributed by atoms with Gasteiger partial charge < -0.3 is 19.7 Å². The van der Waals surface area contributed by atoms with E-state index in [9.17, 15) is 5.11 Å². The van der Waals surface area contributed by atoms with Crippen LogP contribution in [-0.4, -0.2) is 34.6 Å². The lowest BCUT2D eigenvalue weighted by atomic mass is 10.2. The van der Waals surface area contributed by atoms with Crippen LogP contribution < -0.4 is 9.64 Å². The van der Waals surface area contributed by atoms with Crippen LogP contribution in [0.15, 0.2) is 52.7 Å². The number of rotatable bonds is 3. The molecule has 0 aliphatic carbocycles. The third kappa shape index (κ3) is 2.66. The summed E-state index contributed by atoms with van der Waals surface area (Å²) in [6.45, 7) is 0.246. The lowest BCUT2D eigenvalue weighted by Crippen LogP contribution is -2.26. The number of nitrogens with zero attached hydrogens (tertiary/aromatic N) is 2. The lowest BCUT2D eigenvalue weighted by Gasteiger charge is -2.18. The molecule has 0 saturated carbocycles. The SMILES string of the molecule is COc1ccc2nc(C3=C(O)CN(c4ccc(Br)cc4)C3=N)[nH]c2c1. The molecule has 7 heteroatoms. The molecule has 0 atom stereocenters. The van der Waals surface area contributed by atoms with Crippen LogP contribution in [0, 0.1) is 5.41 Å². The molecule has 126 valence electrons. The van der Waals surface area contributed by atoms with Gasteiger partial charge in [0, 0.05) is 16.2 Å². The number of imidazole rings is 1. The fourth-order valence-electron chi connectivity index (χ4n) is 2.90. The number of ether oxygens (including phenoxy) is 1. The summed E-state index contributed by atoms with van der Waals surface area (Å²) >= 11 is 3.40. The Balaban J connectivity index is 1.71. The van der Waals surface area contributed by atoms with Crippen molar-refractivity contribution in [3.8, 4) is 5.75 Å². The van der Waals surface area contributed by atoms with Crippen LogP contribution in [0.1, 0.15) is 5.82 Å². The van der Waals surface area contributed by atoms with Gasteiger partial charge in [-0.15, -0.1) is 0 Å². The number of aliphatic hydroxyl groups excluding tert-OH is 1. The van der Waals surface area contributed by atoms with Gasteiger partial charge in [-0.1, -0.05) is 15.9 Å². The molecule has 0 fully saturated rings. The molecule has 3 aromatic rings. The van der Waals surface area contributed by atoms with Crippen molar-refractivity contribution in [1.29, 1.82) is 5.41 Å². The number of halogens is 1. The minimum Gasteiger partial charge on any atom is -0.509 e. The molecule has 4 rings (SSSR count). The molecule has 1 aliphatic rings. The van der Waals surface area contributed by atoms with E-state index in [4.69, 9.17) is 10.1 Å². The monoisotopic (exact) mass is 398 g/mol. The summed E-state index contributed by atoms with van der Waals surface area (Å²) in [5, 5.41) is 18.9. The van der Waals surface area contributed by atoms with Gasteiger partial charge in [0.2, 0.25) is 0 Å². The van der Waals surface area contributed by atoms with Gasteiger partial charge in [-0.25, -0.2) is 4.98 Å². The minimum absolute atomic E-state index is 0.124. The molecule has 0 amide bonds. The molecule has 0 bridgehead atoms. The summed E-state index contributed by atoms with van der Waals surface area (Å²) in [5.41, 5.74) is 2.81. The van der Waals surface area contributed by atoms with Crippen molar-refractivity contribution in [3.05, 3.63) is 58.5 Å². The molecule has 0 unspecified atom stereocenters. The summed E-state index contributed by atoms with van der Waals surface area (Å²) in [5.74, 6) is 1.54. The number of amidine groups is 1. The Morgan fingerprint density at radius 2 is 2.00 bits per heavy atom. The zero-order valence-corrected chi connectivity index (χ0v) is 15.0. The first-order valence-electron chi connectivity index (χ1n) is 7.65. The van der Waals surface area contributed by atoms with Gasteiger partial charge in [0.15, 0.2) is 0 Å². The van der Waals surface area contributed by atoms with Crippen molar-refractivity contribution >= 4 is 44.1 Å². The van der Waals surface area contributed by atoms with E-state index in [0.29, 0.717) is 11.4 Å². The number of anilines is 1. The molecule has 0 spiro atoms. The van der Waals surface area contributed by atoms with Crippen LogP contribution >= 0.6 is 15.9 Å². The highest BCUT2D eigenvalue weighted by molar-refractivity contribution is 9.10. The second-order valence-electron chi connectivity index (χ2n) is 5.70. The maximum Gasteiger partial charge on any atom is 0.145 e. The Hall–Kier alpha value is -2.80. The van der Waals surface area contributed by atoms with Crippen LogP contribution in [-0.2, 0) is 0 Å². The molecular formula is C18H15BrN4O2. The molecule has 0 radical (unpaired) electrons. The molecule has 2 aromatic carbocycles. The van der Waals surface area contributed by atoms with Crippen molar-refractivity contribution in [1.82, 2.24) is 9.97 Å². The zero-order chi connectivity index (χ0) is 17.6. The summed E-state index contributed by atoms with van der Waals surface area (Å²) in [6, 6.07) is 13.1. The predicted molar refractivity (Wildman–Crippen MR) is 101 cm³/mol. The first-order valence-corrected chi connectivity index (χ1v) is 8.44. The number of hydrogen-bond donors (Lipinski definition) is 3. The lowest BCUT2D eigenvalue weighted by molar-refractivity contribution is 0.411. The minimum atomic E-state index is 0.124. The van der Waals surface area contributed by atoms with Gasteiger partial charge in [-0.2, -0.15) is 0 Å². The second-order valence-corrected chi connectivity index (χ2v) is 6.62. The first kappa shape index (κ1) is 15.7. The normalized spacial score (nSPS) is 14.6. The molecule has 3 N–H and O–H groups in total. The molecule has 6 nitrogen and oxygen atoms in total. The van der Waals surface area contributed by atoms with Crippen LogP contribution in [0.2, 0.25) is 0 Å². The first-order chi connectivity index (χ1) is 12.1. The molecule has 2 heterocycles. The maximum atomic E-state index is 10.4. The number of aromatic nitrogens is 2. The summed E-state index contributed by atoms with van der Waals surface area (Å²) < 4.78 is 6.18. The third-order valence-corrected chi connectivity index (χ3v) is 4.70. The fraction of sp³-hybridized carbons (Fsp3) is 0.111. The van der Waals surface area contributed by atoms with Crippen molar-refractivity contribution in [3.63, 3.8) is 0 Å². The van der Waals surface area contributed by atoms with Gasteiger partial charge in [0.25, 0.3) is 0 Å². The van der Waals surface area contributed by atoms with E-state index in [0.717, 1.165) is 26.9 Å². The standard InChI is InChI=1S/C18H15BrN4O2/c1-25-12-6-7-13-14(8-12)22-18(21-13)16-15(24)9-23(17(16)20)11-4-2-10(19)3-5-11/h2-8,20,24H,9H2,1H3,(H,21,22). The van der Waals surface area contributed by atoms with E-state index in [2.05, 4.69) is 25.9 Å². The summed E-state index contributed by atoms with van der Waals surface area (Å²) in [7, 11) is 1.61. The van der Waals surface area contributed by atoms with Crippen molar-refractivity contribution in [2.24, 2.45) is 0 Å². The van der Waals surface area contributed by atoms with Gasteiger partial charge in [-0.3, -0.25) is 5.41 Å². The number of benzene rings is 2. The number of aromatic amines is 1. The largest absolute Gasteiger partial charge is 0.509 e. The van der Waals surface area contributed by atoms with E-state index >= 15 is 0 Å². The molecule has 1 aliphatic heterocycles. The van der Waals surface area contributed by atoms with E-state index in [-0.39, 0.29) is 18.1 Å². The number of hydrogen-bond acceptors (Lipinski definition) is 4. The molecule has 25 heavy (non-hydrogen) atoms. The number of methoxy groups -OCH3 is 1. The van der Waals surface area contributed by atoms with E-state index in [1.54, 1.807) is 12.0 Å². The molecular weight excluding hydrogens is 384 g/mol. The van der Waals surface area contributed by atoms with Crippen molar-refractivity contribution < 1.29 is 9.84 Å². The summed E-state index contributed by atoms with van der Waals surface area (Å²) in [4.78, 5) is 9.42. The highest BCUT2D eigenvalue weighted by atomic mass is 79.9. The maximum absolute atomic E-state index is 10.4. The smallest absolute Gasteiger partial charge is 0.145 e. The Bertz CT molecular complexity index is 1010. The number of nitrogens with one attached hydrogen (secondary N) is 2. The Morgan fingerprint density at radius 3 is 2.72 bits per heavy atom.